The Bertz CT molecular complexity index is 871. The van der Waals surface area contributed by atoms with Crippen LogP contribution in [0.1, 0.15) is 37.7 Å². The molecule has 1 saturated heterocycles. The third-order valence-corrected chi connectivity index (χ3v) is 8.47. The van der Waals surface area contributed by atoms with Crippen LogP contribution in [-0.2, 0) is 19.4 Å². The van der Waals surface area contributed by atoms with Gasteiger partial charge in [0.1, 0.15) is 6.04 Å². The van der Waals surface area contributed by atoms with E-state index in [0.29, 0.717) is 35.7 Å². The zero-order valence-electron chi connectivity index (χ0n) is 15.5. The van der Waals surface area contributed by atoms with Gasteiger partial charge in [0.05, 0.1) is 28.5 Å². The second-order valence-corrected chi connectivity index (χ2v) is 10.5. The Morgan fingerprint density at radius 1 is 1.21 bits per heavy atom. The van der Waals surface area contributed by atoms with Gasteiger partial charge in [-0.25, -0.2) is 8.42 Å². The van der Waals surface area contributed by atoms with Crippen LogP contribution >= 0.6 is 11.8 Å². The molecule has 1 aromatic carbocycles. The number of carbonyl (C=O) groups excluding carboxylic acids is 2. The highest BCUT2D eigenvalue weighted by molar-refractivity contribution is 7.99. The van der Waals surface area contributed by atoms with Crippen LogP contribution in [0.15, 0.2) is 24.3 Å². The Morgan fingerprint density at radius 3 is 2.54 bits per heavy atom. The lowest BCUT2D eigenvalue weighted by molar-refractivity contribution is -0.135. The first kappa shape index (κ1) is 20.7. The summed E-state index contributed by atoms with van der Waals surface area (Å²) in [5.74, 6) is 0.104. The molecule has 0 aromatic heterocycles. The molecule has 1 N–H and O–H groups in total. The lowest BCUT2D eigenvalue weighted by atomic mass is 10.2. The maximum atomic E-state index is 12.6. The molecule has 28 heavy (non-hydrogen) atoms. The molecule has 1 unspecified atom stereocenters. The predicted octanol–water partition coefficient (Wildman–Crippen LogP) is 2.15. The van der Waals surface area contributed by atoms with E-state index in [4.69, 9.17) is 5.26 Å². The minimum atomic E-state index is -3.26. The van der Waals surface area contributed by atoms with Crippen molar-refractivity contribution in [3.63, 3.8) is 0 Å². The summed E-state index contributed by atoms with van der Waals surface area (Å²) in [6, 6.07) is 7.88. The van der Waals surface area contributed by atoms with Crippen molar-refractivity contribution in [2.45, 2.75) is 43.4 Å². The second-order valence-electron chi connectivity index (χ2n) is 7.08. The number of nitrogens with zero attached hydrogens (tertiary/aromatic N) is 2. The van der Waals surface area contributed by atoms with Crippen LogP contribution in [0, 0.1) is 11.3 Å². The standard InChI is InChI=1S/C19H23N3O4S2/c20-11-14-5-7-15(8-6-14)21-19(24)17-12-27-13-22(17)18(23)9-10-28(25,26)16-3-1-2-4-16/h5-8,16-17H,1-4,9-10,12-13H2,(H,21,24). The van der Waals surface area contributed by atoms with E-state index in [1.54, 1.807) is 24.3 Å². The fourth-order valence-corrected chi connectivity index (χ4v) is 6.57. The SMILES string of the molecule is N#Cc1ccc(NC(=O)C2CSCN2C(=O)CCS(=O)(=O)C2CCCC2)cc1. The number of nitrogens with one attached hydrogen (secondary N) is 1. The largest absolute Gasteiger partial charge is 0.324 e. The molecule has 150 valence electrons. The van der Waals surface area contributed by atoms with Gasteiger partial charge in [0, 0.05) is 17.9 Å². The molecule has 2 amide bonds. The van der Waals surface area contributed by atoms with Crippen LogP contribution in [0.3, 0.4) is 0 Å². The van der Waals surface area contributed by atoms with E-state index in [-0.39, 0.29) is 29.2 Å². The smallest absolute Gasteiger partial charge is 0.248 e. The van der Waals surface area contributed by atoms with E-state index in [1.165, 1.54) is 16.7 Å². The third kappa shape index (κ3) is 4.86. The third-order valence-electron chi connectivity index (χ3n) is 5.20. The van der Waals surface area contributed by atoms with Gasteiger partial charge in [0.15, 0.2) is 9.84 Å². The van der Waals surface area contributed by atoms with E-state index >= 15 is 0 Å². The number of hydrogen-bond donors (Lipinski definition) is 1. The van der Waals surface area contributed by atoms with E-state index in [9.17, 15) is 18.0 Å². The summed E-state index contributed by atoms with van der Waals surface area (Å²) in [6.07, 6.45) is 3.15. The van der Waals surface area contributed by atoms with Crippen molar-refractivity contribution in [1.82, 2.24) is 4.90 Å². The lowest BCUT2D eigenvalue weighted by Crippen LogP contribution is -2.45. The number of nitriles is 1. The Labute approximate surface area is 169 Å². The van der Waals surface area contributed by atoms with Crippen LogP contribution in [0.4, 0.5) is 5.69 Å². The maximum Gasteiger partial charge on any atom is 0.248 e. The fraction of sp³-hybridized carbons (Fsp3) is 0.526. The van der Waals surface area contributed by atoms with E-state index < -0.39 is 15.9 Å². The highest BCUT2D eigenvalue weighted by Gasteiger charge is 2.36. The highest BCUT2D eigenvalue weighted by Crippen LogP contribution is 2.27. The van der Waals surface area contributed by atoms with Gasteiger partial charge >= 0.3 is 0 Å². The van der Waals surface area contributed by atoms with Crippen LogP contribution in [0.25, 0.3) is 0 Å². The minimum Gasteiger partial charge on any atom is -0.324 e. The molecule has 0 bridgehead atoms. The molecule has 1 saturated carbocycles. The fourth-order valence-electron chi connectivity index (χ4n) is 3.55. The summed E-state index contributed by atoms with van der Waals surface area (Å²) in [4.78, 5) is 26.6. The van der Waals surface area contributed by atoms with E-state index in [0.717, 1.165) is 12.8 Å². The minimum absolute atomic E-state index is 0.0833. The molecule has 0 spiro atoms. The number of sulfone groups is 1. The van der Waals surface area contributed by atoms with Gasteiger partial charge in [0.2, 0.25) is 11.8 Å². The van der Waals surface area contributed by atoms with Crippen LogP contribution < -0.4 is 5.32 Å². The first-order valence-corrected chi connectivity index (χ1v) is 12.2. The van der Waals surface area contributed by atoms with Crippen molar-refractivity contribution >= 4 is 39.1 Å². The summed E-state index contributed by atoms with van der Waals surface area (Å²) in [7, 11) is -3.26. The molecule has 2 aliphatic rings. The van der Waals surface area contributed by atoms with Gasteiger partial charge in [-0.3, -0.25) is 9.59 Å². The number of amides is 2. The Hall–Kier alpha value is -2.05. The first-order valence-electron chi connectivity index (χ1n) is 9.30. The van der Waals surface area contributed by atoms with Crippen LogP contribution in [0.2, 0.25) is 0 Å². The number of carbonyl (C=O) groups is 2. The van der Waals surface area contributed by atoms with Crippen molar-refractivity contribution in [2.24, 2.45) is 0 Å². The van der Waals surface area contributed by atoms with Crippen LogP contribution in [0.5, 0.6) is 0 Å². The topological polar surface area (TPSA) is 107 Å². The van der Waals surface area contributed by atoms with E-state index in [1.807, 2.05) is 6.07 Å². The Balaban J connectivity index is 1.57. The summed E-state index contributed by atoms with van der Waals surface area (Å²) in [5.41, 5.74) is 1.05. The van der Waals surface area contributed by atoms with Gasteiger partial charge in [0.25, 0.3) is 0 Å². The molecule has 1 aliphatic heterocycles. The van der Waals surface area contributed by atoms with E-state index in [2.05, 4.69) is 5.32 Å². The molecule has 1 heterocycles. The lowest BCUT2D eigenvalue weighted by Gasteiger charge is -2.23. The van der Waals surface area contributed by atoms with Gasteiger partial charge < -0.3 is 10.2 Å². The van der Waals surface area contributed by atoms with Crippen LogP contribution in [-0.4, -0.2) is 53.8 Å². The number of thioether (sulfide) groups is 1. The van der Waals surface area contributed by atoms with Crippen molar-refractivity contribution < 1.29 is 18.0 Å². The van der Waals surface area contributed by atoms with Crippen molar-refractivity contribution in [3.8, 4) is 6.07 Å². The quantitative estimate of drug-likeness (QED) is 0.754. The van der Waals surface area contributed by atoms with Crippen molar-refractivity contribution in [3.05, 3.63) is 29.8 Å². The zero-order chi connectivity index (χ0) is 20.1. The molecular weight excluding hydrogens is 398 g/mol. The molecule has 7 nitrogen and oxygen atoms in total. The second kappa shape index (κ2) is 8.97. The zero-order valence-corrected chi connectivity index (χ0v) is 17.1. The van der Waals surface area contributed by atoms with Gasteiger partial charge in [-0.05, 0) is 37.1 Å². The first-order chi connectivity index (χ1) is 13.4. The summed E-state index contributed by atoms with van der Waals surface area (Å²) < 4.78 is 24.8. The molecule has 1 atom stereocenters. The average molecular weight is 422 g/mol. The molecular formula is C19H23N3O4S2. The normalized spacial score (nSPS) is 20.1. The molecule has 1 aromatic rings. The summed E-state index contributed by atoms with van der Waals surface area (Å²) in [6.45, 7) is 0. The molecule has 1 aliphatic carbocycles. The Morgan fingerprint density at radius 2 is 1.89 bits per heavy atom. The number of benzene rings is 1. The number of hydrogen-bond acceptors (Lipinski definition) is 6. The highest BCUT2D eigenvalue weighted by atomic mass is 32.2. The molecule has 2 fully saturated rings. The van der Waals surface area contributed by atoms with Gasteiger partial charge in [-0.15, -0.1) is 11.8 Å². The monoisotopic (exact) mass is 421 g/mol. The number of anilines is 1. The maximum absolute atomic E-state index is 12.6. The van der Waals surface area contributed by atoms with Gasteiger partial charge in [-0.1, -0.05) is 12.8 Å². The van der Waals surface area contributed by atoms with Crippen molar-refractivity contribution in [1.29, 1.82) is 5.26 Å². The van der Waals surface area contributed by atoms with Crippen molar-refractivity contribution in [2.75, 3.05) is 22.7 Å². The average Bonchev–Trinajstić information content (AvgIpc) is 3.39. The Kier molecular flexibility index (Phi) is 6.62. The predicted molar refractivity (Wildman–Crippen MR) is 108 cm³/mol. The summed E-state index contributed by atoms with van der Waals surface area (Å²) in [5, 5.41) is 11.3. The van der Waals surface area contributed by atoms with Gasteiger partial charge in [-0.2, -0.15) is 5.26 Å². The molecule has 3 rings (SSSR count). The molecule has 9 heteroatoms. The molecule has 0 radical (unpaired) electrons. The summed E-state index contributed by atoms with van der Waals surface area (Å²) >= 11 is 1.47. The number of rotatable bonds is 6.